The first-order chi connectivity index (χ1) is 10.4. The number of likely N-dealkylation sites (tertiary alicyclic amines) is 2. The van der Waals surface area contributed by atoms with Gasteiger partial charge in [-0.05, 0) is 12.1 Å². The lowest BCUT2D eigenvalue weighted by molar-refractivity contribution is -0.119. The van der Waals surface area contributed by atoms with Gasteiger partial charge in [-0.3, -0.25) is 14.6 Å². The van der Waals surface area contributed by atoms with E-state index in [1.165, 1.54) is 6.92 Å². The number of rotatable bonds is 5. The van der Waals surface area contributed by atoms with Crippen LogP contribution in [0.15, 0.2) is 22.8 Å². The minimum Gasteiger partial charge on any atom is -0.468 e. The molecule has 1 amide bonds. The monoisotopic (exact) mass is 313 g/mol. The van der Waals surface area contributed by atoms with Crippen LogP contribution in [0.1, 0.15) is 19.1 Å². The number of alkyl halides is 2. The smallest absolute Gasteiger partial charge is 0.262 e. The van der Waals surface area contributed by atoms with E-state index >= 15 is 0 Å². The molecule has 1 N–H and O–H groups in total. The Morgan fingerprint density at radius 2 is 2.27 bits per heavy atom. The zero-order valence-corrected chi connectivity index (χ0v) is 12.6. The largest absolute Gasteiger partial charge is 0.468 e. The molecule has 1 aromatic heterocycles. The van der Waals surface area contributed by atoms with Gasteiger partial charge in [-0.2, -0.15) is 0 Å². The molecule has 1 atom stereocenters. The molecule has 0 aliphatic carbocycles. The average molecular weight is 313 g/mol. The summed E-state index contributed by atoms with van der Waals surface area (Å²) in [6, 6.07) is 3.60. The summed E-state index contributed by atoms with van der Waals surface area (Å²) in [5.41, 5.74) is 0. The molecule has 2 saturated heterocycles. The van der Waals surface area contributed by atoms with E-state index in [0.717, 1.165) is 18.8 Å². The van der Waals surface area contributed by atoms with Crippen molar-refractivity contribution in [2.75, 3.05) is 26.2 Å². The molecule has 0 spiro atoms. The van der Waals surface area contributed by atoms with Crippen LogP contribution in [0.2, 0.25) is 0 Å². The molecule has 1 aromatic rings. The van der Waals surface area contributed by atoms with Crippen LogP contribution in [0.3, 0.4) is 0 Å². The van der Waals surface area contributed by atoms with Gasteiger partial charge in [0.1, 0.15) is 5.76 Å². The zero-order valence-electron chi connectivity index (χ0n) is 12.6. The van der Waals surface area contributed by atoms with Gasteiger partial charge in [-0.1, -0.05) is 0 Å². The molecule has 2 aliphatic rings. The number of halogens is 2. The Morgan fingerprint density at radius 3 is 2.91 bits per heavy atom. The minimum absolute atomic E-state index is 0.127. The second-order valence-corrected chi connectivity index (χ2v) is 6.25. The molecule has 22 heavy (non-hydrogen) atoms. The van der Waals surface area contributed by atoms with Crippen molar-refractivity contribution in [2.45, 2.75) is 37.9 Å². The third-order valence-electron chi connectivity index (χ3n) is 4.37. The van der Waals surface area contributed by atoms with E-state index < -0.39 is 5.92 Å². The Labute approximate surface area is 128 Å². The highest BCUT2D eigenvalue weighted by atomic mass is 19.3. The van der Waals surface area contributed by atoms with Gasteiger partial charge in [0.05, 0.1) is 19.4 Å². The van der Waals surface area contributed by atoms with Gasteiger partial charge in [0.2, 0.25) is 5.91 Å². The van der Waals surface area contributed by atoms with Gasteiger partial charge in [-0.15, -0.1) is 0 Å². The van der Waals surface area contributed by atoms with Crippen LogP contribution >= 0.6 is 0 Å². The molecule has 0 bridgehead atoms. The molecular weight excluding hydrogens is 292 g/mol. The number of amides is 1. The van der Waals surface area contributed by atoms with Gasteiger partial charge < -0.3 is 9.73 Å². The van der Waals surface area contributed by atoms with Crippen molar-refractivity contribution < 1.29 is 18.0 Å². The summed E-state index contributed by atoms with van der Waals surface area (Å²) in [6.07, 6.45) is 1.46. The summed E-state index contributed by atoms with van der Waals surface area (Å²) in [5, 5.41) is 2.66. The predicted molar refractivity (Wildman–Crippen MR) is 76.5 cm³/mol. The Kier molecular flexibility index (Phi) is 4.18. The molecule has 0 aromatic carbocycles. The van der Waals surface area contributed by atoms with Crippen LogP contribution < -0.4 is 5.32 Å². The Balaban J connectivity index is 1.53. The van der Waals surface area contributed by atoms with Gasteiger partial charge in [0.15, 0.2) is 0 Å². The maximum absolute atomic E-state index is 13.7. The third kappa shape index (κ3) is 3.47. The number of furan rings is 1. The van der Waals surface area contributed by atoms with Crippen molar-refractivity contribution >= 4 is 5.91 Å². The van der Waals surface area contributed by atoms with Crippen molar-refractivity contribution in [1.82, 2.24) is 15.1 Å². The van der Waals surface area contributed by atoms with E-state index in [1.54, 1.807) is 6.26 Å². The highest BCUT2D eigenvalue weighted by Crippen LogP contribution is 2.35. The number of carbonyl (C=O) groups excluding carboxylic acids is 1. The number of carbonyl (C=O) groups is 1. The summed E-state index contributed by atoms with van der Waals surface area (Å²) in [4.78, 5) is 15.0. The normalized spacial score (nSPS) is 26.0. The first-order valence-electron chi connectivity index (χ1n) is 7.56. The highest BCUT2D eigenvalue weighted by Gasteiger charge is 2.49. The fourth-order valence-electron chi connectivity index (χ4n) is 3.31. The first-order valence-corrected chi connectivity index (χ1v) is 7.56. The van der Waals surface area contributed by atoms with E-state index in [1.807, 2.05) is 17.0 Å². The second kappa shape index (κ2) is 5.96. The maximum atomic E-state index is 13.7. The molecular formula is C15H21F2N3O2. The molecule has 2 aliphatic heterocycles. The lowest BCUT2D eigenvalue weighted by atomic mass is 10.1. The lowest BCUT2D eigenvalue weighted by Gasteiger charge is -2.45. The molecule has 2 fully saturated rings. The topological polar surface area (TPSA) is 48.7 Å². The van der Waals surface area contributed by atoms with Crippen LogP contribution in [-0.2, 0) is 11.3 Å². The van der Waals surface area contributed by atoms with Crippen molar-refractivity contribution in [3.8, 4) is 0 Å². The van der Waals surface area contributed by atoms with Gasteiger partial charge in [0.25, 0.3) is 5.92 Å². The van der Waals surface area contributed by atoms with E-state index in [0.29, 0.717) is 13.1 Å². The van der Waals surface area contributed by atoms with Crippen LogP contribution in [0.25, 0.3) is 0 Å². The molecule has 3 rings (SSSR count). The number of nitrogens with zero attached hydrogens (tertiary/aromatic N) is 2. The summed E-state index contributed by atoms with van der Waals surface area (Å²) in [5.74, 6) is -1.95. The van der Waals surface area contributed by atoms with E-state index in [2.05, 4.69) is 10.2 Å². The second-order valence-electron chi connectivity index (χ2n) is 6.25. The summed E-state index contributed by atoms with van der Waals surface area (Å²) in [7, 11) is 0. The Hall–Kier alpha value is -1.47. The Bertz CT molecular complexity index is 515. The van der Waals surface area contributed by atoms with E-state index in [4.69, 9.17) is 4.42 Å². The van der Waals surface area contributed by atoms with Crippen LogP contribution in [0.5, 0.6) is 0 Å². The lowest BCUT2D eigenvalue weighted by Crippen LogP contribution is -2.61. The molecule has 5 nitrogen and oxygen atoms in total. The fraction of sp³-hybridized carbons (Fsp3) is 0.667. The molecule has 3 heterocycles. The van der Waals surface area contributed by atoms with Gasteiger partial charge >= 0.3 is 0 Å². The number of hydrogen-bond donors (Lipinski definition) is 1. The predicted octanol–water partition coefficient (Wildman–Crippen LogP) is 1.31. The summed E-state index contributed by atoms with van der Waals surface area (Å²) in [6.45, 7) is 3.72. The number of hydrogen-bond acceptors (Lipinski definition) is 4. The Morgan fingerprint density at radius 1 is 1.50 bits per heavy atom. The van der Waals surface area contributed by atoms with Crippen molar-refractivity contribution in [3.63, 3.8) is 0 Å². The van der Waals surface area contributed by atoms with Crippen molar-refractivity contribution in [1.29, 1.82) is 0 Å². The standard InChI is InChI=1S/C15H21F2N3O2/c1-11(21)18-6-12-5-15(16,17)10-20(12)13-7-19(8-13)9-14-3-2-4-22-14/h2-4,12-13H,5-10H2,1H3,(H,18,21)/t12-/m0/s1. The van der Waals surface area contributed by atoms with Crippen molar-refractivity contribution in [3.05, 3.63) is 24.2 Å². The molecule has 122 valence electrons. The van der Waals surface area contributed by atoms with Gasteiger partial charge in [0, 0.05) is 45.1 Å². The average Bonchev–Trinajstić information content (AvgIpc) is 2.98. The summed E-state index contributed by atoms with van der Waals surface area (Å²) >= 11 is 0. The van der Waals surface area contributed by atoms with Crippen LogP contribution in [0.4, 0.5) is 8.78 Å². The SMILES string of the molecule is CC(=O)NC[C@@H]1CC(F)(F)CN1C1CN(Cc2ccco2)C1. The molecule has 0 saturated carbocycles. The maximum Gasteiger partial charge on any atom is 0.262 e. The van der Waals surface area contributed by atoms with E-state index in [-0.39, 0.29) is 31.0 Å². The van der Waals surface area contributed by atoms with Crippen molar-refractivity contribution in [2.24, 2.45) is 0 Å². The van der Waals surface area contributed by atoms with E-state index in [9.17, 15) is 13.6 Å². The van der Waals surface area contributed by atoms with Gasteiger partial charge in [-0.25, -0.2) is 8.78 Å². The summed E-state index contributed by atoms with van der Waals surface area (Å²) < 4.78 is 32.7. The molecule has 0 radical (unpaired) electrons. The minimum atomic E-state index is -2.66. The number of nitrogens with one attached hydrogen (secondary N) is 1. The first kappa shape index (κ1) is 15.4. The van der Waals surface area contributed by atoms with Crippen LogP contribution in [-0.4, -0.2) is 59.9 Å². The highest BCUT2D eigenvalue weighted by molar-refractivity contribution is 5.72. The third-order valence-corrected chi connectivity index (χ3v) is 4.37. The quantitative estimate of drug-likeness (QED) is 0.890. The van der Waals surface area contributed by atoms with Crippen LogP contribution in [0, 0.1) is 0 Å². The zero-order chi connectivity index (χ0) is 15.7. The molecule has 7 heteroatoms. The fourth-order valence-corrected chi connectivity index (χ4v) is 3.31. The molecule has 0 unspecified atom stereocenters.